The maximum Gasteiger partial charge on any atom is 0.303 e. The molecule has 0 aromatic heterocycles. The first-order valence-electron chi connectivity index (χ1n) is 6.32. The number of hydrogen-bond acceptors (Lipinski definition) is 3. The monoisotopic (exact) mass is 256 g/mol. The van der Waals surface area contributed by atoms with Gasteiger partial charge < -0.3 is 4.74 Å². The zero-order valence-electron chi connectivity index (χ0n) is 10.9. The number of carbonyl (C=O) groups is 2. The Morgan fingerprint density at radius 1 is 1.32 bits per heavy atom. The zero-order chi connectivity index (χ0) is 13.7. The molecule has 98 valence electrons. The van der Waals surface area contributed by atoms with Crippen molar-refractivity contribution in [3.63, 3.8) is 0 Å². The summed E-state index contributed by atoms with van der Waals surface area (Å²) in [7, 11) is 0. The molecule has 1 aromatic carbocycles. The second-order valence-electron chi connectivity index (χ2n) is 4.51. The molecule has 1 atom stereocenters. The molecule has 3 nitrogen and oxygen atoms in total. The molecule has 2 radical (unpaired) electrons. The topological polar surface area (TPSA) is 43.4 Å². The summed E-state index contributed by atoms with van der Waals surface area (Å²) in [6, 6.07) is 7.87. The van der Waals surface area contributed by atoms with Crippen molar-refractivity contribution < 1.29 is 14.3 Å². The van der Waals surface area contributed by atoms with Crippen LogP contribution in [0.25, 0.3) is 0 Å². The summed E-state index contributed by atoms with van der Waals surface area (Å²) >= 11 is 0. The van der Waals surface area contributed by atoms with Crippen LogP contribution in [0.2, 0.25) is 0 Å². The third-order valence-corrected chi connectivity index (χ3v) is 3.01. The van der Waals surface area contributed by atoms with E-state index in [1.54, 1.807) is 6.08 Å². The van der Waals surface area contributed by atoms with Crippen LogP contribution in [-0.4, -0.2) is 17.9 Å². The standard InChI is InChI=1S/C16H16O3/c1-12(17)19-16-11-14-9-6-5-8-13(14)7-3-2-4-10-15(16)18/h4-6,8-10,16H,2,7,11H2,1H3/b10-4-. The number of esters is 1. The molecule has 0 bridgehead atoms. The van der Waals surface area contributed by atoms with Crippen LogP contribution >= 0.6 is 0 Å². The largest absolute Gasteiger partial charge is 0.454 e. The molecule has 2 rings (SSSR count). The smallest absolute Gasteiger partial charge is 0.303 e. The minimum absolute atomic E-state index is 0.172. The van der Waals surface area contributed by atoms with E-state index in [1.807, 2.05) is 24.3 Å². The molecule has 3 heteroatoms. The zero-order valence-corrected chi connectivity index (χ0v) is 10.9. The highest BCUT2D eigenvalue weighted by atomic mass is 16.5. The molecule has 1 unspecified atom stereocenters. The van der Waals surface area contributed by atoms with Crippen LogP contribution in [-0.2, 0) is 27.2 Å². The van der Waals surface area contributed by atoms with Gasteiger partial charge in [-0.25, -0.2) is 0 Å². The first-order chi connectivity index (χ1) is 9.16. The van der Waals surface area contributed by atoms with Crippen molar-refractivity contribution >= 4 is 11.8 Å². The number of carbonyl (C=O) groups excluding carboxylic acids is 2. The first kappa shape index (κ1) is 13.5. The van der Waals surface area contributed by atoms with Crippen molar-refractivity contribution in [3.8, 4) is 0 Å². The van der Waals surface area contributed by atoms with Gasteiger partial charge in [0.15, 0.2) is 11.9 Å². The lowest BCUT2D eigenvalue weighted by atomic mass is 9.94. The van der Waals surface area contributed by atoms with Gasteiger partial charge in [-0.2, -0.15) is 0 Å². The molecule has 0 N–H and O–H groups in total. The molecule has 0 spiro atoms. The molecule has 1 aliphatic rings. The SMILES string of the molecule is CC(=O)OC1Cc2ccccc2C[C]C/C=C\C1=O. The van der Waals surface area contributed by atoms with Crippen LogP contribution in [0, 0.1) is 6.42 Å². The van der Waals surface area contributed by atoms with E-state index in [1.165, 1.54) is 13.0 Å². The molecule has 0 saturated heterocycles. The van der Waals surface area contributed by atoms with Gasteiger partial charge in [0, 0.05) is 13.3 Å². The molecule has 1 aromatic rings. The number of hydrogen-bond donors (Lipinski definition) is 0. The quantitative estimate of drug-likeness (QED) is 0.724. The van der Waals surface area contributed by atoms with Crippen LogP contribution in [0.5, 0.6) is 0 Å². The highest BCUT2D eigenvalue weighted by molar-refractivity contribution is 5.95. The molecule has 0 saturated carbocycles. The van der Waals surface area contributed by atoms with Gasteiger partial charge in [0.05, 0.1) is 0 Å². The lowest BCUT2D eigenvalue weighted by Gasteiger charge is -2.17. The Labute approximate surface area is 113 Å². The van der Waals surface area contributed by atoms with Crippen LogP contribution in [0.3, 0.4) is 0 Å². The fourth-order valence-corrected chi connectivity index (χ4v) is 2.10. The third kappa shape index (κ3) is 3.78. The first-order valence-corrected chi connectivity index (χ1v) is 6.32. The molecule has 0 fully saturated rings. The maximum atomic E-state index is 12.0. The highest BCUT2D eigenvalue weighted by Gasteiger charge is 2.21. The van der Waals surface area contributed by atoms with Gasteiger partial charge in [-0.15, -0.1) is 0 Å². The second kappa shape index (κ2) is 6.32. The van der Waals surface area contributed by atoms with Crippen molar-refractivity contribution in [3.05, 3.63) is 54.0 Å². The predicted molar refractivity (Wildman–Crippen MR) is 71.4 cm³/mol. The van der Waals surface area contributed by atoms with Crippen molar-refractivity contribution in [2.24, 2.45) is 0 Å². The summed E-state index contributed by atoms with van der Waals surface area (Å²) in [6.07, 6.45) is 7.52. The Bertz CT molecular complexity index is 502. The van der Waals surface area contributed by atoms with E-state index >= 15 is 0 Å². The Morgan fingerprint density at radius 2 is 2.05 bits per heavy atom. The van der Waals surface area contributed by atoms with E-state index in [4.69, 9.17) is 4.74 Å². The van der Waals surface area contributed by atoms with Crippen LogP contribution in [0.4, 0.5) is 0 Å². The summed E-state index contributed by atoms with van der Waals surface area (Å²) in [6.45, 7) is 1.32. The number of fused-ring (bicyclic) bond motifs is 1. The number of allylic oxidation sites excluding steroid dienone is 1. The van der Waals surface area contributed by atoms with E-state index in [2.05, 4.69) is 6.42 Å². The number of ketones is 1. The van der Waals surface area contributed by atoms with Gasteiger partial charge in [0.25, 0.3) is 0 Å². The van der Waals surface area contributed by atoms with E-state index in [9.17, 15) is 9.59 Å². The van der Waals surface area contributed by atoms with Crippen molar-refractivity contribution in [1.29, 1.82) is 0 Å². The second-order valence-corrected chi connectivity index (χ2v) is 4.51. The Morgan fingerprint density at radius 3 is 2.79 bits per heavy atom. The number of rotatable bonds is 1. The lowest BCUT2D eigenvalue weighted by molar-refractivity contribution is -0.151. The average molecular weight is 256 g/mol. The van der Waals surface area contributed by atoms with Gasteiger partial charge in [-0.3, -0.25) is 9.59 Å². The summed E-state index contributed by atoms with van der Waals surface area (Å²) in [5.74, 6) is -0.604. The van der Waals surface area contributed by atoms with E-state index in [0.29, 0.717) is 12.8 Å². The van der Waals surface area contributed by atoms with Crippen LogP contribution < -0.4 is 0 Å². The average Bonchev–Trinajstić information content (AvgIpc) is 2.38. The predicted octanol–water partition coefficient (Wildman–Crippen LogP) is 2.31. The Hall–Kier alpha value is -1.90. The van der Waals surface area contributed by atoms with E-state index in [0.717, 1.165) is 17.5 Å². The third-order valence-electron chi connectivity index (χ3n) is 3.01. The molecule has 0 heterocycles. The molecule has 0 aliphatic heterocycles. The summed E-state index contributed by atoms with van der Waals surface area (Å²) in [5.41, 5.74) is 2.16. The van der Waals surface area contributed by atoms with Gasteiger partial charge in [-0.1, -0.05) is 30.3 Å². The summed E-state index contributed by atoms with van der Waals surface area (Å²) < 4.78 is 5.13. The van der Waals surface area contributed by atoms with Crippen molar-refractivity contribution in [1.82, 2.24) is 0 Å². The minimum atomic E-state index is -0.729. The van der Waals surface area contributed by atoms with Gasteiger partial charge in [0.1, 0.15) is 0 Å². The highest BCUT2D eigenvalue weighted by Crippen LogP contribution is 2.17. The Kier molecular flexibility index (Phi) is 4.50. The molecule has 1 aliphatic carbocycles. The molecule has 0 amide bonds. The van der Waals surface area contributed by atoms with Crippen LogP contribution in [0.1, 0.15) is 24.5 Å². The minimum Gasteiger partial charge on any atom is -0.454 e. The van der Waals surface area contributed by atoms with E-state index < -0.39 is 12.1 Å². The lowest BCUT2D eigenvalue weighted by Crippen LogP contribution is -2.28. The maximum absolute atomic E-state index is 12.0. The molecular formula is C16H16O3. The summed E-state index contributed by atoms with van der Waals surface area (Å²) in [4.78, 5) is 23.1. The van der Waals surface area contributed by atoms with Gasteiger partial charge in [-0.05, 0) is 36.5 Å². The van der Waals surface area contributed by atoms with Crippen molar-refractivity contribution in [2.75, 3.05) is 0 Å². The number of benzene rings is 1. The van der Waals surface area contributed by atoms with Crippen LogP contribution in [0.15, 0.2) is 36.4 Å². The fraction of sp³-hybridized carbons (Fsp3) is 0.312. The fourth-order valence-electron chi connectivity index (χ4n) is 2.10. The van der Waals surface area contributed by atoms with Gasteiger partial charge >= 0.3 is 5.97 Å². The normalized spacial score (nSPS) is 21.3. The molecule has 19 heavy (non-hydrogen) atoms. The Balaban J connectivity index is 2.28. The molecular weight excluding hydrogens is 240 g/mol. The van der Waals surface area contributed by atoms with Gasteiger partial charge in [0.2, 0.25) is 0 Å². The number of ether oxygens (including phenoxy) is 1. The van der Waals surface area contributed by atoms with E-state index in [-0.39, 0.29) is 5.78 Å². The van der Waals surface area contributed by atoms with Crippen molar-refractivity contribution in [2.45, 2.75) is 32.3 Å². The summed E-state index contributed by atoms with van der Waals surface area (Å²) in [5, 5.41) is 0.